The molecule has 3 rings (SSSR count). The van der Waals surface area contributed by atoms with Gasteiger partial charge in [-0.3, -0.25) is 0 Å². The minimum atomic E-state index is 0.456. The Labute approximate surface area is 104 Å². The van der Waals surface area contributed by atoms with E-state index >= 15 is 0 Å². The van der Waals surface area contributed by atoms with Gasteiger partial charge in [0.1, 0.15) is 17.5 Å². The first-order valence-electron chi connectivity index (χ1n) is 5.87. The number of aromatic nitrogens is 4. The lowest BCUT2D eigenvalue weighted by molar-refractivity contribution is 0.411. The van der Waals surface area contributed by atoms with Crippen LogP contribution in [0, 0.1) is 6.92 Å². The topological polar surface area (TPSA) is 103 Å². The molecule has 0 aliphatic heterocycles. The summed E-state index contributed by atoms with van der Waals surface area (Å²) in [6, 6.07) is 0. The summed E-state index contributed by atoms with van der Waals surface area (Å²) in [6.45, 7) is 2.35. The third-order valence-electron chi connectivity index (χ3n) is 2.96. The highest BCUT2D eigenvalue weighted by Gasteiger charge is 2.27. The van der Waals surface area contributed by atoms with Crippen LogP contribution in [0.25, 0.3) is 0 Å². The van der Waals surface area contributed by atoms with Gasteiger partial charge in [0.2, 0.25) is 6.39 Å². The van der Waals surface area contributed by atoms with Gasteiger partial charge in [-0.15, -0.1) is 0 Å². The number of nitrogen functional groups attached to an aromatic ring is 1. The molecular formula is C11H14N6O. The maximum Gasteiger partial charge on any atom is 0.213 e. The maximum absolute atomic E-state index is 5.90. The zero-order chi connectivity index (χ0) is 12.5. The summed E-state index contributed by atoms with van der Waals surface area (Å²) in [4.78, 5) is 12.8. The van der Waals surface area contributed by atoms with Crippen LogP contribution in [-0.4, -0.2) is 20.1 Å². The summed E-state index contributed by atoms with van der Waals surface area (Å²) < 4.78 is 4.67. The Morgan fingerprint density at radius 2 is 2.28 bits per heavy atom. The monoisotopic (exact) mass is 246 g/mol. The first kappa shape index (κ1) is 10.9. The molecular weight excluding hydrogens is 232 g/mol. The molecule has 0 saturated heterocycles. The molecule has 0 aromatic carbocycles. The average molecular weight is 246 g/mol. The second kappa shape index (κ2) is 4.25. The largest absolute Gasteiger partial charge is 0.383 e. The number of hydrogen-bond donors (Lipinski definition) is 2. The summed E-state index contributed by atoms with van der Waals surface area (Å²) in [5, 5.41) is 6.89. The summed E-state index contributed by atoms with van der Waals surface area (Å²) in [6.07, 6.45) is 3.59. The van der Waals surface area contributed by atoms with Crippen molar-refractivity contribution < 1.29 is 4.52 Å². The van der Waals surface area contributed by atoms with Crippen molar-refractivity contribution in [3.8, 4) is 0 Å². The lowest BCUT2D eigenvalue weighted by Crippen LogP contribution is -2.09. The van der Waals surface area contributed by atoms with Crippen LogP contribution in [0.4, 0.5) is 11.6 Å². The van der Waals surface area contributed by atoms with Crippen LogP contribution >= 0.6 is 0 Å². The number of nitrogens with two attached hydrogens (primary N) is 1. The highest BCUT2D eigenvalue weighted by atomic mass is 16.5. The molecule has 0 spiro atoms. The summed E-state index contributed by atoms with van der Waals surface area (Å²) in [7, 11) is 0. The molecule has 2 aromatic heterocycles. The van der Waals surface area contributed by atoms with E-state index in [-0.39, 0.29) is 0 Å². The molecule has 0 unspecified atom stereocenters. The molecule has 2 aromatic rings. The fourth-order valence-corrected chi connectivity index (χ4v) is 1.68. The predicted molar refractivity (Wildman–Crippen MR) is 64.8 cm³/mol. The van der Waals surface area contributed by atoms with Gasteiger partial charge >= 0.3 is 0 Å². The zero-order valence-corrected chi connectivity index (χ0v) is 10.1. The van der Waals surface area contributed by atoms with Crippen LogP contribution in [0.3, 0.4) is 0 Å². The van der Waals surface area contributed by atoms with E-state index in [1.165, 1.54) is 6.39 Å². The molecule has 0 amide bonds. The first-order valence-corrected chi connectivity index (χ1v) is 5.87. The Bertz CT molecular complexity index is 549. The third kappa shape index (κ3) is 2.11. The van der Waals surface area contributed by atoms with E-state index in [1.807, 2.05) is 6.92 Å². The Hall–Kier alpha value is -2.18. The third-order valence-corrected chi connectivity index (χ3v) is 2.96. The first-order chi connectivity index (χ1) is 8.74. The van der Waals surface area contributed by atoms with Crippen molar-refractivity contribution in [3.63, 3.8) is 0 Å². The molecule has 0 atom stereocenters. The van der Waals surface area contributed by atoms with E-state index in [0.717, 1.165) is 30.0 Å². The second-order valence-electron chi connectivity index (χ2n) is 4.42. The predicted octanol–water partition coefficient (Wildman–Crippen LogP) is 1.24. The summed E-state index contributed by atoms with van der Waals surface area (Å²) >= 11 is 0. The van der Waals surface area contributed by atoms with Gasteiger partial charge in [-0.05, 0) is 19.8 Å². The van der Waals surface area contributed by atoms with Gasteiger partial charge in [0.25, 0.3) is 0 Å². The average Bonchev–Trinajstić information content (AvgIpc) is 3.08. The normalized spacial score (nSPS) is 14.7. The van der Waals surface area contributed by atoms with E-state index in [9.17, 15) is 0 Å². The fourth-order valence-electron chi connectivity index (χ4n) is 1.68. The van der Waals surface area contributed by atoms with E-state index in [2.05, 4.69) is 29.9 Å². The highest BCUT2D eigenvalue weighted by molar-refractivity contribution is 5.55. The number of hydrogen-bond acceptors (Lipinski definition) is 7. The van der Waals surface area contributed by atoms with Gasteiger partial charge in [-0.2, -0.15) is 4.98 Å². The van der Waals surface area contributed by atoms with Crippen molar-refractivity contribution in [3.05, 3.63) is 23.6 Å². The van der Waals surface area contributed by atoms with Crippen molar-refractivity contribution in [2.24, 2.45) is 0 Å². The number of rotatable bonds is 4. The second-order valence-corrected chi connectivity index (χ2v) is 4.42. The van der Waals surface area contributed by atoms with Crippen LogP contribution in [0.15, 0.2) is 10.9 Å². The lowest BCUT2D eigenvalue weighted by atomic mass is 10.3. The lowest BCUT2D eigenvalue weighted by Gasteiger charge is -2.10. The number of nitrogens with zero attached hydrogens (tertiary/aromatic N) is 4. The van der Waals surface area contributed by atoms with Crippen LogP contribution in [-0.2, 0) is 6.54 Å². The summed E-state index contributed by atoms with van der Waals surface area (Å²) in [5.74, 6) is 3.16. The van der Waals surface area contributed by atoms with Crippen LogP contribution in [0.5, 0.6) is 0 Å². The van der Waals surface area contributed by atoms with Gasteiger partial charge < -0.3 is 15.6 Å². The molecule has 0 radical (unpaired) electrons. The Kier molecular flexibility index (Phi) is 2.58. The van der Waals surface area contributed by atoms with Gasteiger partial charge in [-0.1, -0.05) is 5.16 Å². The van der Waals surface area contributed by atoms with Crippen molar-refractivity contribution >= 4 is 11.6 Å². The molecule has 94 valence electrons. The molecule has 1 aliphatic rings. The molecule has 7 heteroatoms. The van der Waals surface area contributed by atoms with Crippen LogP contribution in [0.2, 0.25) is 0 Å². The van der Waals surface area contributed by atoms with Gasteiger partial charge in [-0.25, -0.2) is 9.97 Å². The smallest absolute Gasteiger partial charge is 0.213 e. The van der Waals surface area contributed by atoms with Crippen LogP contribution < -0.4 is 11.1 Å². The minimum Gasteiger partial charge on any atom is -0.383 e. The Morgan fingerprint density at radius 1 is 1.44 bits per heavy atom. The van der Waals surface area contributed by atoms with Gasteiger partial charge in [0, 0.05) is 11.5 Å². The minimum absolute atomic E-state index is 0.456. The SMILES string of the molecule is Cc1c(N)nc(C2CC2)nc1NCc1ncon1. The maximum atomic E-state index is 5.90. The van der Waals surface area contributed by atoms with Gasteiger partial charge in [0.15, 0.2) is 5.82 Å². The highest BCUT2D eigenvalue weighted by Crippen LogP contribution is 2.39. The van der Waals surface area contributed by atoms with Crippen LogP contribution in [0.1, 0.15) is 36.0 Å². The fraction of sp³-hybridized carbons (Fsp3) is 0.455. The van der Waals surface area contributed by atoms with E-state index in [1.54, 1.807) is 0 Å². The molecule has 1 aliphatic carbocycles. The van der Waals surface area contributed by atoms with Crippen molar-refractivity contribution in [2.75, 3.05) is 11.1 Å². The molecule has 18 heavy (non-hydrogen) atoms. The standard InChI is InChI=1S/C11H14N6O/c1-6-9(12)15-11(7-2-3-7)16-10(6)13-4-8-14-5-18-17-8/h5,7H,2-4H2,1H3,(H3,12,13,15,16). The van der Waals surface area contributed by atoms with Gasteiger partial charge in [0.05, 0.1) is 6.54 Å². The Morgan fingerprint density at radius 3 is 2.94 bits per heavy atom. The molecule has 0 bridgehead atoms. The van der Waals surface area contributed by atoms with E-state index < -0.39 is 0 Å². The molecule has 2 heterocycles. The van der Waals surface area contributed by atoms with E-state index in [0.29, 0.717) is 24.1 Å². The molecule has 1 fully saturated rings. The van der Waals surface area contributed by atoms with Crippen molar-refractivity contribution in [2.45, 2.75) is 32.2 Å². The van der Waals surface area contributed by atoms with E-state index in [4.69, 9.17) is 5.73 Å². The van der Waals surface area contributed by atoms with Crippen molar-refractivity contribution in [1.82, 2.24) is 20.1 Å². The Balaban J connectivity index is 1.81. The zero-order valence-electron chi connectivity index (χ0n) is 10.1. The molecule has 7 nitrogen and oxygen atoms in total. The quantitative estimate of drug-likeness (QED) is 0.836. The van der Waals surface area contributed by atoms with Crippen molar-refractivity contribution in [1.29, 1.82) is 0 Å². The summed E-state index contributed by atoms with van der Waals surface area (Å²) in [5.41, 5.74) is 6.75. The molecule has 1 saturated carbocycles. The molecule has 3 N–H and O–H groups in total. The number of nitrogens with one attached hydrogen (secondary N) is 1. The number of anilines is 2.